The van der Waals surface area contributed by atoms with Gasteiger partial charge in [0, 0.05) is 13.0 Å². The van der Waals surface area contributed by atoms with Crippen LogP contribution in [0.4, 0.5) is 0 Å². The quantitative estimate of drug-likeness (QED) is 0.460. The van der Waals surface area contributed by atoms with Gasteiger partial charge in [0.25, 0.3) is 0 Å². The Kier molecular flexibility index (Phi) is 3.13. The Morgan fingerprint density at radius 1 is 1.05 bits per heavy atom. The summed E-state index contributed by atoms with van der Waals surface area (Å²) in [5, 5.41) is 8.62. The second-order valence-corrected chi connectivity index (χ2v) is 7.19. The summed E-state index contributed by atoms with van der Waals surface area (Å²) in [4.78, 5) is 37.3. The molecule has 2 amide bonds. The van der Waals surface area contributed by atoms with Crippen LogP contribution in [-0.4, -0.2) is 34.3 Å². The van der Waals surface area contributed by atoms with Crippen molar-refractivity contribution < 1.29 is 19.5 Å². The van der Waals surface area contributed by atoms with Crippen LogP contribution < -0.4 is 0 Å². The van der Waals surface area contributed by atoms with Crippen molar-refractivity contribution in [1.82, 2.24) is 4.90 Å². The first-order valence-electron chi connectivity index (χ1n) is 8.35. The lowest BCUT2D eigenvalue weighted by Crippen LogP contribution is -2.40. The van der Waals surface area contributed by atoms with Crippen LogP contribution in [0.3, 0.4) is 0 Å². The number of amides is 2. The second kappa shape index (κ2) is 4.93. The third-order valence-electron chi connectivity index (χ3n) is 6.03. The molecule has 0 aromatic carbocycles. The molecule has 1 heterocycles. The molecule has 118 valence electrons. The van der Waals surface area contributed by atoms with Gasteiger partial charge >= 0.3 is 5.97 Å². The topological polar surface area (TPSA) is 74.7 Å². The Balaban J connectivity index is 1.39. The van der Waals surface area contributed by atoms with E-state index in [4.69, 9.17) is 5.11 Å². The highest BCUT2D eigenvalue weighted by Gasteiger charge is 2.66. The van der Waals surface area contributed by atoms with Gasteiger partial charge in [-0.05, 0) is 42.9 Å². The van der Waals surface area contributed by atoms with Gasteiger partial charge in [-0.2, -0.15) is 0 Å². The summed E-state index contributed by atoms with van der Waals surface area (Å²) in [6.07, 6.45) is 7.77. The first-order valence-corrected chi connectivity index (χ1v) is 8.35. The molecule has 0 aromatic heterocycles. The number of allylic oxidation sites excluding steroid dienone is 2. The second-order valence-electron chi connectivity index (χ2n) is 7.19. The Labute approximate surface area is 129 Å². The monoisotopic (exact) mass is 303 g/mol. The van der Waals surface area contributed by atoms with Gasteiger partial charge < -0.3 is 5.11 Å². The maximum Gasteiger partial charge on any atom is 0.303 e. The molecule has 1 aliphatic heterocycles. The molecule has 6 atom stereocenters. The SMILES string of the molecule is O=C(O)CCCCCN1C(=O)[C@H]2[C@@H]3C=C[C@H]([C@H]4C[C@H]34)[C@@H]2C1=O. The van der Waals surface area contributed by atoms with E-state index in [0.29, 0.717) is 31.2 Å². The largest absolute Gasteiger partial charge is 0.481 e. The van der Waals surface area contributed by atoms with Gasteiger partial charge in [-0.1, -0.05) is 18.6 Å². The standard InChI is InChI=1S/C17H21NO4/c19-13(20)4-2-1-3-7-18-16(21)14-9-5-6-10(12-8-11(9)12)15(14)17(18)22/h5-6,9-12,14-15H,1-4,7-8H2,(H,19,20)/t9-,10-,11-,12-,14+,15+/m1/s1. The fourth-order valence-electron chi connectivity index (χ4n) is 4.96. The van der Waals surface area contributed by atoms with E-state index in [0.717, 1.165) is 6.42 Å². The molecule has 1 N–H and O–H groups in total. The van der Waals surface area contributed by atoms with Crippen LogP contribution in [0.25, 0.3) is 0 Å². The number of imide groups is 1. The molecule has 5 aliphatic rings. The third-order valence-corrected chi connectivity index (χ3v) is 6.03. The lowest BCUT2D eigenvalue weighted by atomic mass is 9.63. The number of unbranched alkanes of at least 4 members (excludes halogenated alkanes) is 2. The lowest BCUT2D eigenvalue weighted by molar-refractivity contribution is -0.141. The summed E-state index contributed by atoms with van der Waals surface area (Å²) in [7, 11) is 0. The molecule has 5 heteroatoms. The van der Waals surface area contributed by atoms with Crippen LogP contribution in [0, 0.1) is 35.5 Å². The number of carboxylic acids is 1. The number of hydrogen-bond acceptors (Lipinski definition) is 3. The molecule has 1 saturated heterocycles. The number of carbonyl (C=O) groups excluding carboxylic acids is 2. The summed E-state index contributed by atoms with van der Waals surface area (Å²) in [6.45, 7) is 0.457. The van der Waals surface area contributed by atoms with Crippen molar-refractivity contribution in [3.05, 3.63) is 12.2 Å². The predicted molar refractivity (Wildman–Crippen MR) is 77.5 cm³/mol. The Hall–Kier alpha value is -1.65. The van der Waals surface area contributed by atoms with Gasteiger partial charge in [0.15, 0.2) is 0 Å². The van der Waals surface area contributed by atoms with E-state index in [9.17, 15) is 14.4 Å². The van der Waals surface area contributed by atoms with Gasteiger partial charge in [0.1, 0.15) is 0 Å². The minimum Gasteiger partial charge on any atom is -0.481 e. The van der Waals surface area contributed by atoms with Crippen LogP contribution in [0.5, 0.6) is 0 Å². The molecule has 22 heavy (non-hydrogen) atoms. The van der Waals surface area contributed by atoms with Crippen molar-refractivity contribution in [3.8, 4) is 0 Å². The van der Waals surface area contributed by atoms with Gasteiger partial charge in [-0.15, -0.1) is 0 Å². The van der Waals surface area contributed by atoms with E-state index in [2.05, 4.69) is 12.2 Å². The zero-order chi connectivity index (χ0) is 15.4. The van der Waals surface area contributed by atoms with Crippen LogP contribution in [0.2, 0.25) is 0 Å². The molecule has 5 nitrogen and oxygen atoms in total. The highest BCUT2D eigenvalue weighted by molar-refractivity contribution is 6.06. The number of carbonyl (C=O) groups is 3. The van der Waals surface area contributed by atoms with Crippen molar-refractivity contribution >= 4 is 17.8 Å². The summed E-state index contributed by atoms with van der Waals surface area (Å²) < 4.78 is 0. The first-order chi connectivity index (χ1) is 10.6. The summed E-state index contributed by atoms with van der Waals surface area (Å²) in [6, 6.07) is 0. The van der Waals surface area contributed by atoms with E-state index in [1.54, 1.807) is 0 Å². The fourth-order valence-corrected chi connectivity index (χ4v) is 4.96. The van der Waals surface area contributed by atoms with Crippen LogP contribution in [0.15, 0.2) is 12.2 Å². The van der Waals surface area contributed by atoms with Gasteiger partial charge in [-0.25, -0.2) is 0 Å². The molecule has 0 spiro atoms. The van der Waals surface area contributed by atoms with Crippen molar-refractivity contribution in [3.63, 3.8) is 0 Å². The van der Waals surface area contributed by atoms with E-state index >= 15 is 0 Å². The smallest absolute Gasteiger partial charge is 0.303 e. The van der Waals surface area contributed by atoms with Gasteiger partial charge in [0.2, 0.25) is 11.8 Å². The molecule has 4 aliphatic carbocycles. The van der Waals surface area contributed by atoms with Crippen LogP contribution in [-0.2, 0) is 14.4 Å². The fraction of sp³-hybridized carbons (Fsp3) is 0.706. The number of carboxylic acid groups (broad SMARTS) is 1. The minimum atomic E-state index is -0.791. The third kappa shape index (κ3) is 1.94. The van der Waals surface area contributed by atoms with E-state index in [1.165, 1.54) is 11.3 Å². The molecular weight excluding hydrogens is 282 g/mol. The Morgan fingerprint density at radius 2 is 1.64 bits per heavy atom. The van der Waals surface area contributed by atoms with E-state index in [-0.39, 0.29) is 41.9 Å². The number of rotatable bonds is 6. The zero-order valence-electron chi connectivity index (χ0n) is 12.5. The molecule has 0 aromatic rings. The lowest BCUT2D eigenvalue weighted by Gasteiger charge is -2.37. The van der Waals surface area contributed by atoms with Crippen molar-refractivity contribution in [1.29, 1.82) is 0 Å². The van der Waals surface area contributed by atoms with E-state index in [1.807, 2.05) is 0 Å². The van der Waals surface area contributed by atoms with Crippen molar-refractivity contribution in [2.45, 2.75) is 32.1 Å². The average Bonchev–Trinajstić information content (AvgIpc) is 3.26. The predicted octanol–water partition coefficient (Wildman–Crippen LogP) is 1.68. The van der Waals surface area contributed by atoms with Crippen molar-refractivity contribution in [2.24, 2.45) is 35.5 Å². The number of hydrogen-bond donors (Lipinski definition) is 1. The maximum atomic E-state index is 12.7. The van der Waals surface area contributed by atoms with Gasteiger partial charge in [0.05, 0.1) is 11.8 Å². The number of nitrogens with zero attached hydrogens (tertiary/aromatic N) is 1. The van der Waals surface area contributed by atoms with Crippen molar-refractivity contribution in [2.75, 3.05) is 6.54 Å². The molecule has 0 unspecified atom stereocenters. The summed E-state index contributed by atoms with van der Waals surface area (Å²) in [5.74, 6) is 0.904. The molecule has 5 rings (SSSR count). The molecule has 3 fully saturated rings. The summed E-state index contributed by atoms with van der Waals surface area (Å²) in [5.41, 5.74) is 0. The Bertz CT molecular complexity index is 533. The zero-order valence-corrected chi connectivity index (χ0v) is 12.5. The number of likely N-dealkylation sites (tertiary alicyclic amines) is 1. The molecule has 2 bridgehead atoms. The molecule has 0 radical (unpaired) electrons. The molecular formula is C17H21NO4. The normalized spacial score (nSPS) is 40.8. The van der Waals surface area contributed by atoms with Crippen LogP contribution >= 0.6 is 0 Å². The minimum absolute atomic E-state index is 0.0259. The maximum absolute atomic E-state index is 12.7. The highest BCUT2D eigenvalue weighted by atomic mass is 16.4. The van der Waals surface area contributed by atoms with Gasteiger partial charge in [-0.3, -0.25) is 19.3 Å². The Morgan fingerprint density at radius 3 is 2.18 bits per heavy atom. The molecule has 2 saturated carbocycles. The highest BCUT2D eigenvalue weighted by Crippen LogP contribution is 2.65. The summed E-state index contributed by atoms with van der Waals surface area (Å²) >= 11 is 0. The van der Waals surface area contributed by atoms with E-state index < -0.39 is 5.97 Å². The first kappa shape index (κ1) is 14.0. The average molecular weight is 303 g/mol. The van der Waals surface area contributed by atoms with Crippen LogP contribution in [0.1, 0.15) is 32.1 Å². The number of aliphatic carboxylic acids is 1.